The van der Waals surface area contributed by atoms with Gasteiger partial charge in [-0.15, -0.1) is 0 Å². The maximum absolute atomic E-state index is 13.3. The largest absolute Gasteiger partial charge is 0.352 e. The lowest BCUT2D eigenvalue weighted by atomic mass is 9.85. The molecule has 19 heavy (non-hydrogen) atoms. The Morgan fingerprint density at radius 1 is 1.53 bits per heavy atom. The zero-order valence-electron chi connectivity index (χ0n) is 10.6. The van der Waals surface area contributed by atoms with Gasteiger partial charge >= 0.3 is 5.69 Å². The second-order valence-electron chi connectivity index (χ2n) is 4.88. The quantitative estimate of drug-likeness (QED) is 0.672. The molecule has 2 rings (SSSR count). The van der Waals surface area contributed by atoms with Crippen LogP contribution in [0.1, 0.15) is 35.2 Å². The summed E-state index contributed by atoms with van der Waals surface area (Å²) in [6.07, 6.45) is 3.38. The van der Waals surface area contributed by atoms with E-state index in [0.717, 1.165) is 25.0 Å². The van der Waals surface area contributed by atoms with E-state index in [1.807, 2.05) is 0 Å². The van der Waals surface area contributed by atoms with Crippen LogP contribution in [0.4, 0.5) is 10.1 Å². The van der Waals surface area contributed by atoms with E-state index in [9.17, 15) is 19.3 Å². The first-order valence-electron chi connectivity index (χ1n) is 6.21. The van der Waals surface area contributed by atoms with Gasteiger partial charge in [0.1, 0.15) is 0 Å². The average Bonchev–Trinajstić information content (AvgIpc) is 2.26. The summed E-state index contributed by atoms with van der Waals surface area (Å²) in [6, 6.07) is 2.02. The van der Waals surface area contributed by atoms with Crippen molar-refractivity contribution in [2.24, 2.45) is 5.92 Å². The Balaban J connectivity index is 2.15. The first kappa shape index (κ1) is 13.5. The van der Waals surface area contributed by atoms with Gasteiger partial charge in [-0.25, -0.2) is 0 Å². The SMILES string of the molecule is Cc1cc(F)c([N+](=O)[O-])cc1C(=O)NCC1CCC1. The number of aryl methyl sites for hydroxylation is 1. The molecule has 0 saturated heterocycles. The number of hydrogen-bond acceptors (Lipinski definition) is 3. The van der Waals surface area contributed by atoms with Gasteiger partial charge in [-0.05, 0) is 37.3 Å². The fourth-order valence-corrected chi connectivity index (χ4v) is 2.07. The van der Waals surface area contributed by atoms with Gasteiger partial charge in [-0.3, -0.25) is 14.9 Å². The van der Waals surface area contributed by atoms with Crippen LogP contribution in [-0.2, 0) is 0 Å². The molecule has 1 fully saturated rings. The number of carbonyl (C=O) groups excluding carboxylic acids is 1. The number of rotatable bonds is 4. The average molecular weight is 266 g/mol. The van der Waals surface area contributed by atoms with Crippen molar-refractivity contribution >= 4 is 11.6 Å². The highest BCUT2D eigenvalue weighted by Crippen LogP contribution is 2.26. The topological polar surface area (TPSA) is 72.2 Å². The number of halogens is 1. The zero-order valence-corrected chi connectivity index (χ0v) is 10.6. The molecule has 1 aliphatic carbocycles. The molecule has 1 N–H and O–H groups in total. The van der Waals surface area contributed by atoms with Gasteiger partial charge < -0.3 is 5.32 Å². The molecule has 0 radical (unpaired) electrons. The van der Waals surface area contributed by atoms with E-state index < -0.39 is 16.4 Å². The molecule has 0 spiro atoms. The van der Waals surface area contributed by atoms with Crippen LogP contribution < -0.4 is 5.32 Å². The minimum atomic E-state index is -0.918. The number of carbonyl (C=O) groups is 1. The molecule has 1 saturated carbocycles. The number of nitro groups is 1. The second kappa shape index (κ2) is 5.34. The van der Waals surface area contributed by atoms with Crippen molar-refractivity contribution in [2.75, 3.05) is 6.54 Å². The summed E-state index contributed by atoms with van der Waals surface area (Å²) in [7, 11) is 0. The van der Waals surface area contributed by atoms with Gasteiger partial charge in [0.25, 0.3) is 5.91 Å². The molecule has 0 bridgehead atoms. The molecule has 0 aliphatic heterocycles. The molecule has 1 aliphatic rings. The standard InChI is InChI=1S/C13H15FN2O3/c1-8-5-11(14)12(16(18)19)6-10(8)13(17)15-7-9-3-2-4-9/h5-6,9H,2-4,7H2,1H3,(H,15,17). The Hall–Kier alpha value is -1.98. The minimum absolute atomic E-state index is 0.160. The lowest BCUT2D eigenvalue weighted by Crippen LogP contribution is -2.32. The van der Waals surface area contributed by atoms with E-state index in [-0.39, 0.29) is 11.5 Å². The monoisotopic (exact) mass is 266 g/mol. The Labute approximate surface area is 110 Å². The van der Waals surface area contributed by atoms with Gasteiger partial charge in [-0.2, -0.15) is 4.39 Å². The van der Waals surface area contributed by atoms with E-state index in [1.165, 1.54) is 6.42 Å². The van der Waals surface area contributed by atoms with Gasteiger partial charge in [-0.1, -0.05) is 6.42 Å². The van der Waals surface area contributed by atoms with E-state index in [1.54, 1.807) is 6.92 Å². The van der Waals surface area contributed by atoms with E-state index >= 15 is 0 Å². The third-order valence-corrected chi connectivity index (χ3v) is 3.51. The Morgan fingerprint density at radius 3 is 2.74 bits per heavy atom. The summed E-state index contributed by atoms with van der Waals surface area (Å²) in [4.78, 5) is 21.8. The molecule has 0 aromatic heterocycles. The molecule has 0 heterocycles. The molecular weight excluding hydrogens is 251 g/mol. The van der Waals surface area contributed by atoms with Crippen LogP contribution in [0.25, 0.3) is 0 Å². The van der Waals surface area contributed by atoms with E-state index in [0.29, 0.717) is 18.0 Å². The van der Waals surface area contributed by atoms with Crippen LogP contribution in [0.15, 0.2) is 12.1 Å². The molecule has 0 unspecified atom stereocenters. The molecular formula is C13H15FN2O3. The molecule has 5 nitrogen and oxygen atoms in total. The van der Waals surface area contributed by atoms with Crippen molar-refractivity contribution in [2.45, 2.75) is 26.2 Å². The van der Waals surface area contributed by atoms with Crippen LogP contribution in [-0.4, -0.2) is 17.4 Å². The normalized spacial score (nSPS) is 14.8. The Morgan fingerprint density at radius 2 is 2.21 bits per heavy atom. The lowest BCUT2D eigenvalue weighted by Gasteiger charge is -2.25. The lowest BCUT2D eigenvalue weighted by molar-refractivity contribution is -0.387. The summed E-state index contributed by atoms with van der Waals surface area (Å²) in [5.41, 5.74) is -0.110. The molecule has 6 heteroatoms. The highest BCUT2D eigenvalue weighted by atomic mass is 19.1. The number of nitro benzene ring substituents is 1. The summed E-state index contributed by atoms with van der Waals surface area (Å²) in [5, 5.41) is 13.4. The van der Waals surface area contributed by atoms with Crippen LogP contribution >= 0.6 is 0 Å². The summed E-state index contributed by atoms with van der Waals surface area (Å²) >= 11 is 0. The molecule has 102 valence electrons. The first-order valence-corrected chi connectivity index (χ1v) is 6.21. The van der Waals surface area contributed by atoms with Crippen LogP contribution in [0.2, 0.25) is 0 Å². The number of hydrogen-bond donors (Lipinski definition) is 1. The van der Waals surface area contributed by atoms with Gasteiger partial charge in [0.15, 0.2) is 0 Å². The van der Waals surface area contributed by atoms with Crippen molar-refractivity contribution in [3.63, 3.8) is 0 Å². The van der Waals surface area contributed by atoms with Crippen LogP contribution in [0.3, 0.4) is 0 Å². The van der Waals surface area contributed by atoms with E-state index in [2.05, 4.69) is 5.32 Å². The Kier molecular flexibility index (Phi) is 3.78. The minimum Gasteiger partial charge on any atom is -0.352 e. The zero-order chi connectivity index (χ0) is 14.0. The smallest absolute Gasteiger partial charge is 0.305 e. The van der Waals surface area contributed by atoms with E-state index in [4.69, 9.17) is 0 Å². The van der Waals surface area contributed by atoms with Gasteiger partial charge in [0.05, 0.1) is 4.92 Å². The van der Waals surface area contributed by atoms with Crippen molar-refractivity contribution in [1.82, 2.24) is 5.32 Å². The highest BCUT2D eigenvalue weighted by molar-refractivity contribution is 5.96. The molecule has 1 aromatic rings. The molecule has 1 aromatic carbocycles. The van der Waals surface area contributed by atoms with Crippen LogP contribution in [0, 0.1) is 28.8 Å². The number of nitrogens with one attached hydrogen (secondary N) is 1. The van der Waals surface area contributed by atoms with Gasteiger partial charge in [0.2, 0.25) is 5.82 Å². The first-order chi connectivity index (χ1) is 8.99. The third-order valence-electron chi connectivity index (χ3n) is 3.51. The summed E-state index contributed by atoms with van der Waals surface area (Å²) in [5.74, 6) is -0.801. The molecule has 1 amide bonds. The predicted molar refractivity (Wildman–Crippen MR) is 67.5 cm³/mol. The molecule has 0 atom stereocenters. The summed E-state index contributed by atoms with van der Waals surface area (Å²) in [6.45, 7) is 2.13. The van der Waals surface area contributed by atoms with Crippen molar-refractivity contribution in [3.8, 4) is 0 Å². The predicted octanol–water partition coefficient (Wildman–Crippen LogP) is 2.57. The number of benzene rings is 1. The second-order valence-corrected chi connectivity index (χ2v) is 4.88. The number of amides is 1. The fraction of sp³-hybridized carbons (Fsp3) is 0.462. The highest BCUT2D eigenvalue weighted by Gasteiger charge is 2.22. The third kappa shape index (κ3) is 2.89. The van der Waals surface area contributed by atoms with Crippen molar-refractivity contribution < 1.29 is 14.1 Å². The maximum Gasteiger partial charge on any atom is 0.305 e. The Bertz CT molecular complexity index is 527. The maximum atomic E-state index is 13.3. The summed E-state index contributed by atoms with van der Waals surface area (Å²) < 4.78 is 13.3. The fourth-order valence-electron chi connectivity index (χ4n) is 2.07. The van der Waals surface area contributed by atoms with Crippen molar-refractivity contribution in [1.29, 1.82) is 0 Å². The van der Waals surface area contributed by atoms with Crippen LogP contribution in [0.5, 0.6) is 0 Å². The van der Waals surface area contributed by atoms with Crippen molar-refractivity contribution in [3.05, 3.63) is 39.2 Å². The van der Waals surface area contributed by atoms with Gasteiger partial charge in [0, 0.05) is 18.2 Å². The number of nitrogens with zero attached hydrogens (tertiary/aromatic N) is 1.